The van der Waals surface area contributed by atoms with Gasteiger partial charge in [-0.15, -0.1) is 0 Å². The van der Waals surface area contributed by atoms with Crippen LogP contribution < -0.4 is 0 Å². The molecule has 110 valence electrons. The molecule has 4 heteroatoms. The molecule has 1 atom stereocenters. The highest BCUT2D eigenvalue weighted by Gasteiger charge is 2.29. The van der Waals surface area contributed by atoms with E-state index in [0.29, 0.717) is 24.4 Å². The fourth-order valence-electron chi connectivity index (χ4n) is 3.44. The predicted molar refractivity (Wildman–Crippen MR) is 78.9 cm³/mol. The molecule has 0 amide bonds. The number of hydrogen-bond acceptors (Lipinski definition) is 3. The summed E-state index contributed by atoms with van der Waals surface area (Å²) < 4.78 is 13.1. The normalized spacial score (nSPS) is 24.6. The number of benzene rings is 1. The Morgan fingerprint density at radius 3 is 2.30 bits per heavy atom. The third-order valence-electron chi connectivity index (χ3n) is 4.44. The molecule has 1 aliphatic carbocycles. The zero-order chi connectivity index (χ0) is 14.5. The first-order valence-electron chi connectivity index (χ1n) is 7.33. The van der Waals surface area contributed by atoms with Crippen molar-refractivity contribution in [2.75, 3.05) is 20.6 Å². The lowest BCUT2D eigenvalue weighted by atomic mass is 9.76. The second-order valence-corrected chi connectivity index (χ2v) is 6.05. The van der Waals surface area contributed by atoms with E-state index in [2.05, 4.69) is 24.2 Å². The predicted octanol–water partition coefficient (Wildman–Crippen LogP) is 4.00. The van der Waals surface area contributed by atoms with Crippen molar-refractivity contribution in [1.29, 1.82) is 0 Å². The summed E-state index contributed by atoms with van der Waals surface area (Å²) in [6.07, 6.45) is 4.37. The Hall–Kier alpha value is -1.29. The Bertz CT molecular complexity index is 425. The lowest BCUT2D eigenvalue weighted by molar-refractivity contribution is 0.151. The van der Waals surface area contributed by atoms with E-state index in [9.17, 15) is 9.30 Å². The van der Waals surface area contributed by atoms with E-state index in [1.807, 2.05) is 12.1 Å². The largest absolute Gasteiger partial charge is 0.302 e. The van der Waals surface area contributed by atoms with Crippen molar-refractivity contribution >= 4 is 0 Å². The van der Waals surface area contributed by atoms with Gasteiger partial charge in [0.1, 0.15) is 5.82 Å². The van der Waals surface area contributed by atoms with E-state index >= 15 is 0 Å². The first kappa shape index (κ1) is 15.1. The Labute approximate surface area is 120 Å². The molecule has 0 aromatic heterocycles. The van der Waals surface area contributed by atoms with E-state index in [1.165, 1.54) is 17.7 Å². The maximum absolute atomic E-state index is 13.1. The van der Waals surface area contributed by atoms with Crippen LogP contribution in [-0.4, -0.2) is 25.5 Å². The summed E-state index contributed by atoms with van der Waals surface area (Å²) in [6.45, 7) is 0.454. The minimum atomic E-state index is -0.188. The minimum Gasteiger partial charge on any atom is -0.302 e. The molecule has 1 unspecified atom stereocenters. The smallest absolute Gasteiger partial charge is 0.123 e. The molecule has 1 saturated carbocycles. The Morgan fingerprint density at radius 2 is 1.80 bits per heavy atom. The molecular formula is C16H23FN2O. The average Bonchev–Trinajstić information content (AvgIpc) is 2.43. The molecule has 2 rings (SSSR count). The van der Waals surface area contributed by atoms with Crippen LogP contribution in [0.2, 0.25) is 0 Å². The van der Waals surface area contributed by atoms with Crippen LogP contribution in [0, 0.1) is 22.6 Å². The van der Waals surface area contributed by atoms with Crippen LogP contribution in [0.4, 0.5) is 4.39 Å². The molecule has 3 nitrogen and oxygen atoms in total. The standard InChI is InChI=1S/C16H23FN2O/c1-19(2)16(14-7-9-15(17)10-8-14)13-5-3-12(4-6-13)11-18-20/h7-10,12-13,16H,3-6,11H2,1-2H3. The van der Waals surface area contributed by atoms with Gasteiger partial charge in [-0.1, -0.05) is 17.3 Å². The van der Waals surface area contributed by atoms with Gasteiger partial charge in [-0.2, -0.15) is 4.91 Å². The highest BCUT2D eigenvalue weighted by Crippen LogP contribution is 2.39. The Morgan fingerprint density at radius 1 is 1.20 bits per heavy atom. The highest BCUT2D eigenvalue weighted by molar-refractivity contribution is 5.21. The number of nitrogens with zero attached hydrogens (tertiary/aromatic N) is 2. The van der Waals surface area contributed by atoms with Crippen LogP contribution in [0.1, 0.15) is 37.3 Å². The lowest BCUT2D eigenvalue weighted by Gasteiger charge is -2.37. The molecule has 1 aromatic rings. The van der Waals surface area contributed by atoms with Crippen molar-refractivity contribution in [2.24, 2.45) is 17.0 Å². The zero-order valence-corrected chi connectivity index (χ0v) is 12.3. The van der Waals surface area contributed by atoms with Gasteiger partial charge in [-0.05, 0) is 69.3 Å². The van der Waals surface area contributed by atoms with E-state index < -0.39 is 0 Å². The third kappa shape index (κ3) is 3.63. The molecule has 1 aliphatic rings. The van der Waals surface area contributed by atoms with Gasteiger partial charge in [0, 0.05) is 6.04 Å². The number of nitroso groups, excluding NO2 is 1. The minimum absolute atomic E-state index is 0.188. The van der Waals surface area contributed by atoms with E-state index in [-0.39, 0.29) is 5.82 Å². The molecule has 20 heavy (non-hydrogen) atoms. The summed E-state index contributed by atoms with van der Waals surface area (Å²) in [5.74, 6) is 0.838. The number of hydrogen-bond donors (Lipinski definition) is 0. The lowest BCUT2D eigenvalue weighted by Crippen LogP contribution is -2.30. The van der Waals surface area contributed by atoms with E-state index in [0.717, 1.165) is 25.7 Å². The van der Waals surface area contributed by atoms with Crippen molar-refractivity contribution in [3.05, 3.63) is 40.6 Å². The highest BCUT2D eigenvalue weighted by atomic mass is 19.1. The summed E-state index contributed by atoms with van der Waals surface area (Å²) in [7, 11) is 4.15. The van der Waals surface area contributed by atoms with E-state index in [1.54, 1.807) is 0 Å². The summed E-state index contributed by atoms with van der Waals surface area (Å²) >= 11 is 0. The molecule has 0 radical (unpaired) electrons. The third-order valence-corrected chi connectivity index (χ3v) is 4.44. The molecule has 0 aliphatic heterocycles. The van der Waals surface area contributed by atoms with Gasteiger partial charge in [0.25, 0.3) is 0 Å². The monoisotopic (exact) mass is 278 g/mol. The summed E-state index contributed by atoms with van der Waals surface area (Å²) in [4.78, 5) is 12.6. The number of rotatable bonds is 5. The van der Waals surface area contributed by atoms with Crippen molar-refractivity contribution in [2.45, 2.75) is 31.7 Å². The molecule has 0 saturated heterocycles. The summed E-state index contributed by atoms with van der Waals surface area (Å²) in [5, 5.41) is 3.03. The van der Waals surface area contributed by atoms with Gasteiger partial charge >= 0.3 is 0 Å². The Balaban J connectivity index is 2.06. The maximum Gasteiger partial charge on any atom is 0.123 e. The molecular weight excluding hydrogens is 255 g/mol. The maximum atomic E-state index is 13.1. The zero-order valence-electron chi connectivity index (χ0n) is 12.3. The van der Waals surface area contributed by atoms with E-state index in [4.69, 9.17) is 0 Å². The quantitative estimate of drug-likeness (QED) is 0.763. The molecule has 0 N–H and O–H groups in total. The summed E-state index contributed by atoms with van der Waals surface area (Å²) in [6, 6.07) is 7.17. The molecule has 1 fully saturated rings. The fourth-order valence-corrected chi connectivity index (χ4v) is 3.44. The van der Waals surface area contributed by atoms with Crippen LogP contribution in [0.15, 0.2) is 29.4 Å². The van der Waals surface area contributed by atoms with Crippen LogP contribution in [0.5, 0.6) is 0 Å². The van der Waals surface area contributed by atoms with Crippen molar-refractivity contribution in [3.8, 4) is 0 Å². The number of halogens is 1. The molecule has 1 aromatic carbocycles. The average molecular weight is 278 g/mol. The van der Waals surface area contributed by atoms with Gasteiger partial charge in [-0.25, -0.2) is 4.39 Å². The second kappa shape index (κ2) is 6.93. The first-order chi connectivity index (χ1) is 9.61. The van der Waals surface area contributed by atoms with Crippen molar-refractivity contribution < 1.29 is 4.39 Å². The summed E-state index contributed by atoms with van der Waals surface area (Å²) in [5.41, 5.74) is 1.17. The van der Waals surface area contributed by atoms with Gasteiger partial charge in [0.15, 0.2) is 0 Å². The molecule has 0 spiro atoms. The van der Waals surface area contributed by atoms with Crippen LogP contribution in [0.3, 0.4) is 0 Å². The fraction of sp³-hybridized carbons (Fsp3) is 0.625. The van der Waals surface area contributed by atoms with Gasteiger partial charge < -0.3 is 4.90 Å². The van der Waals surface area contributed by atoms with Crippen LogP contribution in [0.25, 0.3) is 0 Å². The van der Waals surface area contributed by atoms with Crippen LogP contribution >= 0.6 is 0 Å². The van der Waals surface area contributed by atoms with Gasteiger partial charge in [-0.3, -0.25) is 0 Å². The van der Waals surface area contributed by atoms with Gasteiger partial charge in [0.2, 0.25) is 0 Å². The van der Waals surface area contributed by atoms with Crippen molar-refractivity contribution in [3.63, 3.8) is 0 Å². The topological polar surface area (TPSA) is 32.7 Å². The van der Waals surface area contributed by atoms with Gasteiger partial charge in [0.05, 0.1) is 6.54 Å². The first-order valence-corrected chi connectivity index (χ1v) is 7.33. The SMILES string of the molecule is CN(C)C(c1ccc(F)cc1)C1CCC(CN=O)CC1. The van der Waals surface area contributed by atoms with Crippen LogP contribution in [-0.2, 0) is 0 Å². The second-order valence-electron chi connectivity index (χ2n) is 6.05. The molecule has 0 bridgehead atoms. The molecule has 0 heterocycles. The Kier molecular flexibility index (Phi) is 5.24. The van der Waals surface area contributed by atoms with Crippen molar-refractivity contribution in [1.82, 2.24) is 4.90 Å².